The number of hydrogen-bond acceptors (Lipinski definition) is 7. The average molecular weight is 437 g/mol. The second-order valence-corrected chi connectivity index (χ2v) is 7.61. The summed E-state index contributed by atoms with van der Waals surface area (Å²) in [6.07, 6.45) is 1.65. The van der Waals surface area contributed by atoms with E-state index in [0.717, 1.165) is 11.8 Å². The first kappa shape index (κ1) is 20.1. The molecule has 1 heterocycles. The molecule has 0 unspecified atom stereocenters. The molecule has 28 heavy (non-hydrogen) atoms. The van der Waals surface area contributed by atoms with Gasteiger partial charge in [-0.3, -0.25) is 19.8 Å². The van der Waals surface area contributed by atoms with Gasteiger partial charge < -0.3 is 9.47 Å². The molecule has 10 heteroatoms. The molecule has 0 radical (unpaired) electrons. The summed E-state index contributed by atoms with van der Waals surface area (Å²) in [6.45, 7) is 0. The number of hydrogen-bond donors (Lipinski definition) is 0. The molecular weight excluding hydrogens is 424 g/mol. The molecule has 2 aromatic rings. The number of benzene rings is 2. The van der Waals surface area contributed by atoms with Crippen molar-refractivity contribution < 1.29 is 19.2 Å². The first-order chi connectivity index (χ1) is 13.3. The fourth-order valence-electron chi connectivity index (χ4n) is 2.59. The number of ether oxygens (including phenoxy) is 2. The van der Waals surface area contributed by atoms with E-state index in [9.17, 15) is 14.9 Å². The molecule has 0 aromatic heterocycles. The SMILES string of the molecule is COc1cc(/C=C2/SC(=S)N(c3ccc([N+](=O)[O-])cc3)C2=O)cc(Cl)c1OC. The van der Waals surface area contributed by atoms with Crippen LogP contribution >= 0.6 is 35.6 Å². The number of nitro groups is 1. The van der Waals surface area contributed by atoms with Crippen LogP contribution in [0.3, 0.4) is 0 Å². The third-order valence-electron chi connectivity index (χ3n) is 3.87. The van der Waals surface area contributed by atoms with Gasteiger partial charge in [0.1, 0.15) is 0 Å². The van der Waals surface area contributed by atoms with E-state index in [1.54, 1.807) is 18.2 Å². The number of carbonyl (C=O) groups is 1. The Hall–Kier alpha value is -2.62. The lowest BCUT2D eigenvalue weighted by Crippen LogP contribution is -2.27. The van der Waals surface area contributed by atoms with Gasteiger partial charge in [-0.25, -0.2) is 0 Å². The Labute approximate surface area is 175 Å². The van der Waals surface area contributed by atoms with Crippen LogP contribution in [-0.4, -0.2) is 29.4 Å². The van der Waals surface area contributed by atoms with E-state index in [-0.39, 0.29) is 11.6 Å². The van der Waals surface area contributed by atoms with Crippen LogP contribution in [0.1, 0.15) is 5.56 Å². The van der Waals surface area contributed by atoms with Gasteiger partial charge in [0, 0.05) is 12.1 Å². The molecule has 0 bridgehead atoms. The zero-order chi connectivity index (χ0) is 20.4. The maximum Gasteiger partial charge on any atom is 0.270 e. The zero-order valence-corrected chi connectivity index (χ0v) is 17.1. The van der Waals surface area contributed by atoms with Crippen LogP contribution in [0.15, 0.2) is 41.3 Å². The second kappa shape index (κ2) is 8.17. The third kappa shape index (κ3) is 3.82. The number of non-ortho nitro benzene ring substituents is 1. The number of thiocarbonyl (C=S) groups is 1. The molecule has 1 aliphatic heterocycles. The molecule has 1 fully saturated rings. The minimum atomic E-state index is -0.505. The van der Waals surface area contributed by atoms with Crippen molar-refractivity contribution in [2.75, 3.05) is 19.1 Å². The number of nitrogens with zero attached hydrogens (tertiary/aromatic N) is 2. The number of methoxy groups -OCH3 is 2. The summed E-state index contributed by atoms with van der Waals surface area (Å²) in [5, 5.41) is 11.1. The Kier molecular flexibility index (Phi) is 5.87. The van der Waals surface area contributed by atoms with Crippen molar-refractivity contribution in [1.29, 1.82) is 0 Å². The first-order valence-electron chi connectivity index (χ1n) is 7.79. The first-order valence-corrected chi connectivity index (χ1v) is 9.40. The Morgan fingerprint density at radius 1 is 1.21 bits per heavy atom. The minimum Gasteiger partial charge on any atom is -0.493 e. The third-order valence-corrected chi connectivity index (χ3v) is 5.45. The van der Waals surface area contributed by atoms with Gasteiger partial charge in [-0.15, -0.1) is 0 Å². The molecule has 144 valence electrons. The predicted molar refractivity (Wildman–Crippen MR) is 113 cm³/mol. The zero-order valence-electron chi connectivity index (χ0n) is 14.7. The van der Waals surface area contributed by atoms with E-state index in [1.807, 2.05) is 0 Å². The number of halogens is 1. The highest BCUT2D eigenvalue weighted by atomic mass is 35.5. The van der Waals surface area contributed by atoms with E-state index in [4.69, 9.17) is 33.3 Å². The lowest BCUT2D eigenvalue weighted by Gasteiger charge is -2.14. The van der Waals surface area contributed by atoms with Gasteiger partial charge in [-0.2, -0.15) is 0 Å². The van der Waals surface area contributed by atoms with Crippen LogP contribution in [0, 0.1) is 10.1 Å². The number of rotatable bonds is 5. The second-order valence-electron chi connectivity index (χ2n) is 5.53. The number of anilines is 1. The molecule has 1 amide bonds. The number of amides is 1. The normalized spacial score (nSPS) is 15.2. The summed E-state index contributed by atoms with van der Waals surface area (Å²) < 4.78 is 10.8. The van der Waals surface area contributed by atoms with Gasteiger partial charge >= 0.3 is 0 Å². The van der Waals surface area contributed by atoms with Gasteiger partial charge in [-0.05, 0) is 35.9 Å². The van der Waals surface area contributed by atoms with Crippen LogP contribution in [0.25, 0.3) is 6.08 Å². The average Bonchev–Trinajstić information content (AvgIpc) is 2.94. The van der Waals surface area contributed by atoms with Gasteiger partial charge in [0.05, 0.1) is 34.8 Å². The Bertz CT molecular complexity index is 1010. The molecular formula is C18H13ClN2O5S2. The maximum atomic E-state index is 12.8. The highest BCUT2D eigenvalue weighted by Gasteiger charge is 2.33. The highest BCUT2D eigenvalue weighted by molar-refractivity contribution is 8.27. The van der Waals surface area contributed by atoms with Gasteiger partial charge in [-0.1, -0.05) is 35.6 Å². The summed E-state index contributed by atoms with van der Waals surface area (Å²) in [5.74, 6) is 0.515. The highest BCUT2D eigenvalue weighted by Crippen LogP contribution is 2.40. The summed E-state index contributed by atoms with van der Waals surface area (Å²) in [5.41, 5.74) is 1.04. The van der Waals surface area contributed by atoms with Crippen molar-refractivity contribution in [3.63, 3.8) is 0 Å². The van der Waals surface area contributed by atoms with Crippen LogP contribution in [0.4, 0.5) is 11.4 Å². The summed E-state index contributed by atoms with van der Waals surface area (Å²) >= 11 is 12.7. The number of thioether (sulfide) groups is 1. The molecule has 0 spiro atoms. The van der Waals surface area contributed by atoms with Gasteiger partial charge in [0.15, 0.2) is 15.8 Å². The monoisotopic (exact) mass is 436 g/mol. The van der Waals surface area contributed by atoms with Crippen molar-refractivity contribution in [3.05, 3.63) is 62.0 Å². The van der Waals surface area contributed by atoms with E-state index < -0.39 is 4.92 Å². The Morgan fingerprint density at radius 3 is 2.46 bits per heavy atom. The molecule has 0 N–H and O–H groups in total. The Morgan fingerprint density at radius 2 is 1.89 bits per heavy atom. The molecule has 0 atom stereocenters. The molecule has 7 nitrogen and oxygen atoms in total. The van der Waals surface area contributed by atoms with Crippen molar-refractivity contribution >= 4 is 63.3 Å². The predicted octanol–water partition coefficient (Wildman–Crippen LogP) is 4.67. The van der Waals surface area contributed by atoms with Crippen molar-refractivity contribution in [2.24, 2.45) is 0 Å². The van der Waals surface area contributed by atoms with Crippen molar-refractivity contribution in [3.8, 4) is 11.5 Å². The van der Waals surface area contributed by atoms with Crippen LogP contribution in [-0.2, 0) is 4.79 Å². The molecule has 3 rings (SSSR count). The standard InChI is InChI=1S/C18H13ClN2O5S2/c1-25-14-8-10(7-13(19)16(14)26-2)9-15-17(22)20(18(27)28-15)11-3-5-12(6-4-11)21(23)24/h3-9H,1-2H3/b15-9+. The quantitative estimate of drug-likeness (QED) is 0.291. The van der Waals surface area contributed by atoms with E-state index in [2.05, 4.69) is 0 Å². The summed E-state index contributed by atoms with van der Waals surface area (Å²) in [7, 11) is 2.98. The maximum absolute atomic E-state index is 12.8. The van der Waals surface area contributed by atoms with Crippen molar-refractivity contribution in [2.45, 2.75) is 0 Å². The summed E-state index contributed by atoms with van der Waals surface area (Å²) in [6, 6.07) is 8.97. The topological polar surface area (TPSA) is 81.9 Å². The lowest BCUT2D eigenvalue weighted by molar-refractivity contribution is -0.384. The minimum absolute atomic E-state index is 0.0651. The summed E-state index contributed by atoms with van der Waals surface area (Å²) in [4.78, 5) is 24.8. The molecule has 1 aliphatic rings. The fourth-order valence-corrected chi connectivity index (χ4v) is 4.18. The van der Waals surface area contributed by atoms with E-state index in [0.29, 0.717) is 37.0 Å². The number of nitro benzene ring substituents is 1. The van der Waals surface area contributed by atoms with E-state index >= 15 is 0 Å². The molecule has 1 saturated heterocycles. The van der Waals surface area contributed by atoms with Crippen LogP contribution in [0.2, 0.25) is 5.02 Å². The smallest absolute Gasteiger partial charge is 0.270 e. The Balaban J connectivity index is 1.93. The molecule has 2 aromatic carbocycles. The largest absolute Gasteiger partial charge is 0.493 e. The molecule has 0 aliphatic carbocycles. The van der Waals surface area contributed by atoms with Crippen molar-refractivity contribution in [1.82, 2.24) is 0 Å². The van der Waals surface area contributed by atoms with E-state index in [1.165, 1.54) is 43.4 Å². The molecule has 0 saturated carbocycles. The lowest BCUT2D eigenvalue weighted by atomic mass is 10.1. The number of carbonyl (C=O) groups excluding carboxylic acids is 1. The van der Waals surface area contributed by atoms with Crippen LogP contribution < -0.4 is 14.4 Å². The van der Waals surface area contributed by atoms with Gasteiger partial charge in [0.2, 0.25) is 0 Å². The van der Waals surface area contributed by atoms with Crippen LogP contribution in [0.5, 0.6) is 11.5 Å². The van der Waals surface area contributed by atoms with Gasteiger partial charge in [0.25, 0.3) is 11.6 Å². The fraction of sp³-hybridized carbons (Fsp3) is 0.111.